The van der Waals surface area contributed by atoms with Crippen molar-refractivity contribution in [2.24, 2.45) is 5.73 Å². The summed E-state index contributed by atoms with van der Waals surface area (Å²) in [6.07, 6.45) is 1.16. The molecule has 94 valence electrons. The molecule has 0 radical (unpaired) electrons. The lowest BCUT2D eigenvalue weighted by Crippen LogP contribution is -2.39. The highest BCUT2D eigenvalue weighted by Crippen LogP contribution is 2.32. The average molecular weight is 244 g/mol. The van der Waals surface area contributed by atoms with Gasteiger partial charge in [-0.3, -0.25) is 4.98 Å². The molecule has 0 aliphatic heterocycles. The van der Waals surface area contributed by atoms with Crippen molar-refractivity contribution in [2.75, 3.05) is 0 Å². The van der Waals surface area contributed by atoms with Crippen LogP contribution in [0.15, 0.2) is 18.3 Å². The number of halogens is 3. The first-order chi connectivity index (χ1) is 7.89. The molecule has 17 heavy (non-hydrogen) atoms. The molecule has 1 heterocycles. The van der Waals surface area contributed by atoms with Gasteiger partial charge in [0.2, 0.25) is 0 Å². The van der Waals surface area contributed by atoms with Crippen molar-refractivity contribution in [1.82, 2.24) is 4.98 Å². The molecular weight excluding hydrogens is 229 g/mol. The van der Waals surface area contributed by atoms with E-state index in [2.05, 4.69) is 4.98 Å². The Kier molecular flexibility index (Phi) is 3.12. The van der Waals surface area contributed by atoms with Crippen molar-refractivity contribution in [3.05, 3.63) is 29.6 Å². The highest BCUT2D eigenvalue weighted by atomic mass is 19.4. The molecule has 0 spiro atoms. The highest BCUT2D eigenvalue weighted by Gasteiger charge is 2.33. The molecule has 0 bridgehead atoms. The number of rotatable bonds is 2. The molecule has 0 aromatic carbocycles. The van der Waals surface area contributed by atoms with Gasteiger partial charge < -0.3 is 5.73 Å². The van der Waals surface area contributed by atoms with Crippen LogP contribution in [0.4, 0.5) is 13.2 Å². The van der Waals surface area contributed by atoms with E-state index in [1.165, 1.54) is 6.20 Å². The summed E-state index contributed by atoms with van der Waals surface area (Å²) in [7, 11) is 0. The summed E-state index contributed by atoms with van der Waals surface area (Å²) in [6, 6.07) is 2.09. The van der Waals surface area contributed by atoms with Crippen molar-refractivity contribution >= 4 is 0 Å². The molecule has 0 amide bonds. The molecule has 1 aromatic rings. The Morgan fingerprint density at radius 1 is 1.29 bits per heavy atom. The van der Waals surface area contributed by atoms with E-state index in [0.717, 1.165) is 37.8 Å². The smallest absolute Gasteiger partial charge is 0.325 e. The Morgan fingerprint density at radius 3 is 2.53 bits per heavy atom. The predicted octanol–water partition coefficient (Wildman–Crippen LogP) is 2.91. The van der Waals surface area contributed by atoms with E-state index in [-0.39, 0.29) is 5.54 Å². The zero-order valence-corrected chi connectivity index (χ0v) is 9.43. The Bertz CT molecular complexity index is 395. The second kappa shape index (κ2) is 4.29. The van der Waals surface area contributed by atoms with E-state index in [1.54, 1.807) is 0 Å². The van der Waals surface area contributed by atoms with E-state index in [9.17, 15) is 13.2 Å². The largest absolute Gasteiger partial charge is 0.416 e. The van der Waals surface area contributed by atoms with E-state index >= 15 is 0 Å². The number of pyridine rings is 1. The zero-order chi connectivity index (χ0) is 12.5. The number of hydrogen-bond donors (Lipinski definition) is 1. The first-order valence-corrected chi connectivity index (χ1v) is 5.70. The quantitative estimate of drug-likeness (QED) is 0.868. The Hall–Kier alpha value is -1.10. The predicted molar refractivity (Wildman–Crippen MR) is 58.3 cm³/mol. The number of nitrogens with zero attached hydrogens (tertiary/aromatic N) is 1. The van der Waals surface area contributed by atoms with E-state index in [4.69, 9.17) is 5.73 Å². The van der Waals surface area contributed by atoms with Crippen molar-refractivity contribution in [3.63, 3.8) is 0 Å². The first kappa shape index (κ1) is 12.4. The molecule has 1 aromatic heterocycles. The summed E-state index contributed by atoms with van der Waals surface area (Å²) in [4.78, 5) is 3.98. The molecule has 2 N–H and O–H groups in total. The molecular formula is C12H15F3N2. The van der Waals surface area contributed by atoms with Gasteiger partial charge in [-0.05, 0) is 25.0 Å². The fraction of sp³-hybridized carbons (Fsp3) is 0.583. The summed E-state index contributed by atoms with van der Waals surface area (Å²) in [6.45, 7) is 0. The molecule has 1 aliphatic rings. The van der Waals surface area contributed by atoms with Crippen molar-refractivity contribution in [3.8, 4) is 0 Å². The fourth-order valence-electron chi connectivity index (χ4n) is 2.37. The molecule has 0 atom stereocenters. The standard InChI is InChI=1S/C12H15F3N2/c13-12(14,15)9-3-6-17-10(7-9)8-11(16)4-1-2-5-11/h3,6-7H,1-2,4-5,8,16H2. The van der Waals surface area contributed by atoms with Crippen LogP contribution in [0.5, 0.6) is 0 Å². The van der Waals surface area contributed by atoms with Crippen LogP contribution in [-0.2, 0) is 12.6 Å². The minimum atomic E-state index is -4.31. The van der Waals surface area contributed by atoms with Gasteiger partial charge in [0.25, 0.3) is 0 Å². The van der Waals surface area contributed by atoms with E-state index in [1.807, 2.05) is 0 Å². The zero-order valence-electron chi connectivity index (χ0n) is 9.43. The Balaban J connectivity index is 2.17. The molecule has 2 rings (SSSR count). The van der Waals surface area contributed by atoms with Gasteiger partial charge in [-0.25, -0.2) is 0 Å². The topological polar surface area (TPSA) is 38.9 Å². The number of aromatic nitrogens is 1. The molecule has 1 aliphatic carbocycles. The minimum absolute atomic E-state index is 0.364. The van der Waals surface area contributed by atoms with Gasteiger partial charge in [0.15, 0.2) is 0 Å². The van der Waals surface area contributed by atoms with E-state index in [0.29, 0.717) is 12.1 Å². The molecule has 0 saturated heterocycles. The third-order valence-electron chi connectivity index (χ3n) is 3.28. The number of hydrogen-bond acceptors (Lipinski definition) is 2. The van der Waals surface area contributed by atoms with Gasteiger partial charge in [-0.1, -0.05) is 12.8 Å². The average Bonchev–Trinajstić information content (AvgIpc) is 2.64. The van der Waals surface area contributed by atoms with Gasteiger partial charge in [0, 0.05) is 23.9 Å². The summed E-state index contributed by atoms with van der Waals surface area (Å²) in [5.41, 5.74) is 5.55. The third-order valence-corrected chi connectivity index (χ3v) is 3.28. The maximum absolute atomic E-state index is 12.5. The van der Waals surface area contributed by atoms with Crippen LogP contribution in [0.3, 0.4) is 0 Å². The number of nitrogens with two attached hydrogens (primary N) is 1. The van der Waals surface area contributed by atoms with Crippen molar-refractivity contribution in [1.29, 1.82) is 0 Å². The van der Waals surface area contributed by atoms with Gasteiger partial charge >= 0.3 is 6.18 Å². The third kappa shape index (κ3) is 2.97. The van der Waals surface area contributed by atoms with E-state index < -0.39 is 11.7 Å². The second-order valence-electron chi connectivity index (χ2n) is 4.78. The van der Waals surface area contributed by atoms with Gasteiger partial charge in [-0.15, -0.1) is 0 Å². The SMILES string of the molecule is NC1(Cc2cc(C(F)(F)F)ccn2)CCCC1. The first-order valence-electron chi connectivity index (χ1n) is 5.70. The van der Waals surface area contributed by atoms with Crippen molar-refractivity contribution < 1.29 is 13.2 Å². The lowest BCUT2D eigenvalue weighted by Gasteiger charge is -2.23. The second-order valence-corrected chi connectivity index (χ2v) is 4.78. The van der Waals surface area contributed by atoms with Crippen LogP contribution in [-0.4, -0.2) is 10.5 Å². The summed E-state index contributed by atoms with van der Waals surface area (Å²) < 4.78 is 37.6. The maximum Gasteiger partial charge on any atom is 0.416 e. The fourth-order valence-corrected chi connectivity index (χ4v) is 2.37. The summed E-state index contributed by atoms with van der Waals surface area (Å²) in [5, 5.41) is 0. The van der Waals surface area contributed by atoms with Crippen molar-refractivity contribution in [2.45, 2.75) is 43.8 Å². The highest BCUT2D eigenvalue weighted by molar-refractivity contribution is 5.21. The van der Waals surface area contributed by atoms with Gasteiger partial charge in [0.05, 0.1) is 5.56 Å². The lowest BCUT2D eigenvalue weighted by molar-refractivity contribution is -0.137. The molecule has 1 saturated carbocycles. The van der Waals surface area contributed by atoms with Crippen LogP contribution in [0.2, 0.25) is 0 Å². The summed E-state index contributed by atoms with van der Waals surface area (Å²) >= 11 is 0. The van der Waals surface area contributed by atoms with Crippen LogP contribution < -0.4 is 5.73 Å². The normalized spacial score (nSPS) is 19.5. The van der Waals surface area contributed by atoms with Crippen LogP contribution in [0.25, 0.3) is 0 Å². The Morgan fingerprint density at radius 2 is 1.94 bits per heavy atom. The van der Waals surface area contributed by atoms with Gasteiger partial charge in [0.1, 0.15) is 0 Å². The molecule has 5 heteroatoms. The minimum Gasteiger partial charge on any atom is -0.325 e. The Labute approximate surface area is 98.0 Å². The van der Waals surface area contributed by atoms with Gasteiger partial charge in [-0.2, -0.15) is 13.2 Å². The van der Waals surface area contributed by atoms with Crippen LogP contribution in [0.1, 0.15) is 36.9 Å². The van der Waals surface area contributed by atoms with Crippen LogP contribution in [0, 0.1) is 0 Å². The maximum atomic E-state index is 12.5. The lowest BCUT2D eigenvalue weighted by atomic mass is 9.92. The monoisotopic (exact) mass is 244 g/mol. The van der Waals surface area contributed by atoms with Crippen LogP contribution >= 0.6 is 0 Å². The molecule has 2 nitrogen and oxygen atoms in total. The number of alkyl halides is 3. The summed E-state index contributed by atoms with van der Waals surface area (Å²) in [5.74, 6) is 0. The molecule has 0 unspecified atom stereocenters. The molecule has 1 fully saturated rings.